The third-order valence-corrected chi connectivity index (χ3v) is 9.09. The second-order valence-electron chi connectivity index (χ2n) is 7.41. The molecule has 2 aromatic rings. The van der Waals surface area contributed by atoms with Crippen LogP contribution in [0.1, 0.15) is 32.1 Å². The lowest BCUT2D eigenvalue weighted by atomic mass is 9.93. The van der Waals surface area contributed by atoms with Gasteiger partial charge in [0.25, 0.3) is 0 Å². The molecule has 3 heterocycles. The first kappa shape index (κ1) is 21.1. The van der Waals surface area contributed by atoms with Gasteiger partial charge in [0.15, 0.2) is 4.34 Å². The van der Waals surface area contributed by atoms with E-state index in [0.717, 1.165) is 4.34 Å². The molecule has 1 aromatic heterocycles. The van der Waals surface area contributed by atoms with E-state index in [2.05, 4.69) is 10.2 Å². The highest BCUT2D eigenvalue weighted by atomic mass is 32.2. The van der Waals surface area contributed by atoms with Crippen LogP contribution in [0, 0.1) is 10.1 Å². The lowest BCUT2D eigenvalue weighted by Crippen LogP contribution is -2.63. The summed E-state index contributed by atoms with van der Waals surface area (Å²) in [5.74, 6) is -0.459. The zero-order valence-corrected chi connectivity index (χ0v) is 18.5. The molecular formula is C18H18N4O5S3. The molecule has 2 fully saturated rings. The predicted octanol–water partition coefficient (Wildman–Crippen LogP) is 2.97. The number of carbonyl (C=O) groups is 2. The van der Waals surface area contributed by atoms with Crippen molar-refractivity contribution in [3.63, 3.8) is 0 Å². The Bertz CT molecular complexity index is 975. The molecular weight excluding hydrogens is 448 g/mol. The van der Waals surface area contributed by atoms with Gasteiger partial charge in [0.2, 0.25) is 5.91 Å². The maximum Gasteiger partial charge on any atom is 0.382 e. The fourth-order valence-electron chi connectivity index (χ4n) is 3.88. The first-order valence-corrected chi connectivity index (χ1v) is 11.7. The highest BCUT2D eigenvalue weighted by Gasteiger charge is 2.67. The molecule has 2 saturated heterocycles. The van der Waals surface area contributed by atoms with Gasteiger partial charge in [-0.05, 0) is 26.0 Å². The highest BCUT2D eigenvalue weighted by molar-refractivity contribution is 8.05. The molecule has 0 spiro atoms. The van der Waals surface area contributed by atoms with Crippen molar-refractivity contribution in [2.45, 2.75) is 46.5 Å². The number of hydrogen-bond donors (Lipinski definition) is 0. The predicted molar refractivity (Wildman–Crippen MR) is 113 cm³/mol. The molecule has 0 radical (unpaired) electrons. The van der Waals surface area contributed by atoms with Crippen molar-refractivity contribution in [2.24, 2.45) is 0 Å². The van der Waals surface area contributed by atoms with Crippen LogP contribution < -0.4 is 0 Å². The number of thioether (sulfide) groups is 2. The second-order valence-corrected chi connectivity index (χ2v) is 11.5. The van der Waals surface area contributed by atoms with E-state index in [9.17, 15) is 19.7 Å². The van der Waals surface area contributed by atoms with E-state index >= 15 is 0 Å². The molecule has 0 aliphatic carbocycles. The first-order valence-electron chi connectivity index (χ1n) is 9.04. The Balaban J connectivity index is 1.60. The Hall–Kier alpha value is -2.18. The van der Waals surface area contributed by atoms with Gasteiger partial charge in [-0.2, -0.15) is 0 Å². The van der Waals surface area contributed by atoms with Crippen molar-refractivity contribution in [3.8, 4) is 0 Å². The molecule has 9 nitrogen and oxygen atoms in total. The largest absolute Gasteiger partial charge is 0.393 e. The Morgan fingerprint density at radius 1 is 1.43 bits per heavy atom. The minimum Gasteiger partial charge on any atom is -0.393 e. The Morgan fingerprint density at radius 2 is 2.17 bits per heavy atom. The average molecular weight is 467 g/mol. The summed E-state index contributed by atoms with van der Waals surface area (Å²) < 4.78 is 5.43. The Labute approximate surface area is 184 Å². The molecule has 12 heteroatoms. The summed E-state index contributed by atoms with van der Waals surface area (Å²) in [6, 6.07) is 7.15. The van der Waals surface area contributed by atoms with Crippen LogP contribution in [-0.4, -0.2) is 53.3 Å². The van der Waals surface area contributed by atoms with Gasteiger partial charge in [-0.25, -0.2) is 4.79 Å². The van der Waals surface area contributed by atoms with E-state index in [4.69, 9.17) is 4.74 Å². The van der Waals surface area contributed by atoms with Crippen LogP contribution in [0.25, 0.3) is 0 Å². The molecule has 4 rings (SSSR count). The van der Waals surface area contributed by atoms with Crippen LogP contribution >= 0.6 is 34.9 Å². The summed E-state index contributed by atoms with van der Waals surface area (Å²) >= 11 is 4.36. The van der Waals surface area contributed by atoms with Crippen molar-refractivity contribution in [1.82, 2.24) is 15.1 Å². The molecule has 2 aliphatic rings. The van der Waals surface area contributed by atoms with Crippen LogP contribution in [0.3, 0.4) is 0 Å². The molecule has 2 aliphatic heterocycles. The van der Waals surface area contributed by atoms with Crippen molar-refractivity contribution in [2.75, 3.05) is 5.75 Å². The Kier molecular flexibility index (Phi) is 5.49. The first-order chi connectivity index (χ1) is 14.2. The smallest absolute Gasteiger partial charge is 0.382 e. The number of β-lactam (4-membered cyclic amide) rings is 1. The number of esters is 1. The molecule has 2 unspecified atom stereocenters. The lowest BCUT2D eigenvalue weighted by molar-refractivity contribution is -0.576. The van der Waals surface area contributed by atoms with E-state index in [-0.39, 0.29) is 11.5 Å². The molecule has 0 N–H and O–H groups in total. The maximum atomic E-state index is 13.2. The number of ether oxygens (including phenoxy) is 1. The van der Waals surface area contributed by atoms with Crippen LogP contribution in [-0.2, 0) is 14.3 Å². The normalized spacial score (nSPS) is 28.5. The maximum absolute atomic E-state index is 13.2. The van der Waals surface area contributed by atoms with Crippen molar-refractivity contribution in [3.05, 3.63) is 51.5 Å². The van der Waals surface area contributed by atoms with Crippen molar-refractivity contribution in [1.29, 1.82) is 0 Å². The SMILES string of the molecule is CC12CC(=O)N1[C@@H](C(=O)OC(c1ccccc1)[N+](=O)[O-])[C@](C)(CSc1nncs1)S2. The van der Waals surface area contributed by atoms with Crippen LogP contribution in [0.4, 0.5) is 0 Å². The van der Waals surface area contributed by atoms with Crippen molar-refractivity contribution < 1.29 is 19.2 Å². The number of amides is 1. The third kappa shape index (κ3) is 3.67. The quantitative estimate of drug-likeness (QED) is 0.152. The van der Waals surface area contributed by atoms with E-state index in [1.165, 1.54) is 51.9 Å². The number of nitrogens with zero attached hydrogens (tertiary/aromatic N) is 4. The zero-order chi connectivity index (χ0) is 21.5. The summed E-state index contributed by atoms with van der Waals surface area (Å²) in [4.78, 5) is 37.6. The summed E-state index contributed by atoms with van der Waals surface area (Å²) in [7, 11) is 0. The Morgan fingerprint density at radius 3 is 2.77 bits per heavy atom. The third-order valence-electron chi connectivity index (χ3n) is 5.10. The molecule has 158 valence electrons. The summed E-state index contributed by atoms with van der Waals surface area (Å²) in [5, 5.41) is 19.4. The zero-order valence-electron chi connectivity index (χ0n) is 16.1. The van der Waals surface area contributed by atoms with Crippen LogP contribution in [0.15, 0.2) is 40.2 Å². The van der Waals surface area contributed by atoms with E-state index in [0.29, 0.717) is 12.2 Å². The van der Waals surface area contributed by atoms with Gasteiger partial charge in [0.1, 0.15) is 11.6 Å². The van der Waals surface area contributed by atoms with Gasteiger partial charge < -0.3 is 9.64 Å². The summed E-state index contributed by atoms with van der Waals surface area (Å²) in [6.07, 6.45) is -1.32. The number of hydrogen-bond acceptors (Lipinski definition) is 10. The minimum atomic E-state index is -1.63. The molecule has 0 bridgehead atoms. The summed E-state index contributed by atoms with van der Waals surface area (Å²) in [6.45, 7) is 3.79. The number of nitro groups is 1. The van der Waals surface area contributed by atoms with Gasteiger partial charge in [0.05, 0.1) is 26.5 Å². The number of benzene rings is 1. The molecule has 0 saturated carbocycles. The number of carbonyl (C=O) groups excluding carboxylic acids is 2. The topological polar surface area (TPSA) is 116 Å². The van der Waals surface area contributed by atoms with Gasteiger partial charge >= 0.3 is 12.2 Å². The summed E-state index contributed by atoms with van der Waals surface area (Å²) in [5.41, 5.74) is 1.89. The van der Waals surface area contributed by atoms with Gasteiger partial charge in [-0.1, -0.05) is 41.3 Å². The van der Waals surface area contributed by atoms with E-state index in [1.54, 1.807) is 23.7 Å². The monoisotopic (exact) mass is 466 g/mol. The molecule has 30 heavy (non-hydrogen) atoms. The highest BCUT2D eigenvalue weighted by Crippen LogP contribution is 2.59. The lowest BCUT2D eigenvalue weighted by Gasteiger charge is -2.45. The van der Waals surface area contributed by atoms with Crippen molar-refractivity contribution >= 4 is 46.7 Å². The number of aromatic nitrogens is 2. The van der Waals surface area contributed by atoms with E-state index < -0.39 is 32.8 Å². The average Bonchev–Trinajstić information content (AvgIpc) is 3.28. The van der Waals surface area contributed by atoms with Crippen LogP contribution in [0.2, 0.25) is 0 Å². The van der Waals surface area contributed by atoms with Gasteiger partial charge in [0, 0.05) is 5.75 Å². The standard InChI is InChI=1S/C18H18N4O5S3/c1-17(9-28-16-20-19-10-29-16)13(21-12(23)8-18(21,2)30-17)15(24)27-14(22(25)26)11-6-4-3-5-7-11/h3-7,10,13-14H,8-9H2,1-2H3/t13-,14?,17-,18?/m0/s1. The van der Waals surface area contributed by atoms with Crippen LogP contribution in [0.5, 0.6) is 0 Å². The molecule has 4 atom stereocenters. The number of fused-ring (bicyclic) bond motifs is 1. The minimum absolute atomic E-state index is 0.158. The fraction of sp³-hybridized carbons (Fsp3) is 0.444. The van der Waals surface area contributed by atoms with Gasteiger partial charge in [-0.15, -0.1) is 22.0 Å². The second kappa shape index (κ2) is 7.82. The molecule has 1 aromatic carbocycles. The fourth-order valence-corrected chi connectivity index (χ4v) is 7.64. The van der Waals surface area contributed by atoms with E-state index in [1.807, 2.05) is 13.8 Å². The van der Waals surface area contributed by atoms with Gasteiger partial charge in [-0.3, -0.25) is 14.9 Å². The molecule has 1 amide bonds. The number of rotatable bonds is 7.